The summed E-state index contributed by atoms with van der Waals surface area (Å²) in [6, 6.07) is 2.99. The van der Waals surface area contributed by atoms with E-state index in [1.54, 1.807) is 12.3 Å². The van der Waals surface area contributed by atoms with Gasteiger partial charge in [-0.25, -0.2) is 9.37 Å². The third-order valence-electron chi connectivity index (χ3n) is 2.73. The maximum atomic E-state index is 13.1. The molecule has 2 rings (SSSR count). The van der Waals surface area contributed by atoms with Crippen molar-refractivity contribution in [2.45, 2.75) is 19.9 Å². The van der Waals surface area contributed by atoms with Crippen LogP contribution in [-0.2, 0) is 0 Å². The molecule has 0 radical (unpaired) electrons. The van der Waals surface area contributed by atoms with Gasteiger partial charge in [0.2, 0.25) is 0 Å². The minimum absolute atomic E-state index is 0.151. The fourth-order valence-electron chi connectivity index (χ4n) is 1.73. The van der Waals surface area contributed by atoms with E-state index in [4.69, 9.17) is 23.2 Å². The lowest BCUT2D eigenvalue weighted by atomic mass is 10.1. The van der Waals surface area contributed by atoms with Gasteiger partial charge in [0.05, 0.1) is 17.9 Å². The van der Waals surface area contributed by atoms with E-state index in [2.05, 4.69) is 15.3 Å². The van der Waals surface area contributed by atoms with Crippen LogP contribution in [0.2, 0.25) is 10.3 Å². The normalized spacial score (nSPS) is 12.3. The Balaban J connectivity index is 2.26. The van der Waals surface area contributed by atoms with Gasteiger partial charge in [-0.3, -0.25) is 4.98 Å². The van der Waals surface area contributed by atoms with Crippen molar-refractivity contribution in [3.8, 4) is 0 Å². The molecule has 3 nitrogen and oxygen atoms in total. The van der Waals surface area contributed by atoms with Crippen LogP contribution in [0.5, 0.6) is 0 Å². The molecule has 1 N–H and O–H groups in total. The smallest absolute Gasteiger partial charge is 0.154 e. The van der Waals surface area contributed by atoms with Gasteiger partial charge in [-0.05, 0) is 37.1 Å². The fraction of sp³-hybridized carbons (Fsp3) is 0.231. The third kappa shape index (κ3) is 3.33. The summed E-state index contributed by atoms with van der Waals surface area (Å²) in [4.78, 5) is 7.80. The molecule has 0 aliphatic carbocycles. The monoisotopic (exact) mass is 299 g/mol. The average molecular weight is 300 g/mol. The molecule has 1 atom stereocenters. The van der Waals surface area contributed by atoms with Gasteiger partial charge in [-0.15, -0.1) is 0 Å². The molecule has 2 aromatic rings. The molecule has 0 amide bonds. The molecule has 0 spiro atoms. The van der Waals surface area contributed by atoms with Gasteiger partial charge in [-0.2, -0.15) is 0 Å². The summed E-state index contributed by atoms with van der Waals surface area (Å²) in [6.45, 7) is 3.76. The predicted octanol–water partition coefficient (Wildman–Crippen LogP) is 4.40. The molecule has 6 heteroatoms. The summed E-state index contributed by atoms with van der Waals surface area (Å²) >= 11 is 11.9. The first-order valence-corrected chi connectivity index (χ1v) is 6.42. The van der Waals surface area contributed by atoms with E-state index in [0.29, 0.717) is 16.0 Å². The van der Waals surface area contributed by atoms with Gasteiger partial charge in [0.25, 0.3) is 0 Å². The van der Waals surface area contributed by atoms with Crippen LogP contribution < -0.4 is 5.32 Å². The van der Waals surface area contributed by atoms with Crippen molar-refractivity contribution in [3.63, 3.8) is 0 Å². The Hall–Kier alpha value is -1.39. The van der Waals surface area contributed by atoms with Crippen molar-refractivity contribution >= 4 is 28.9 Å². The number of rotatable bonds is 3. The molecule has 2 aromatic heterocycles. The van der Waals surface area contributed by atoms with E-state index in [9.17, 15) is 4.39 Å². The highest BCUT2D eigenvalue weighted by molar-refractivity contribution is 6.34. The standard InChI is InChI=1S/C13H12Cl2FN3/c1-7-3-11(14)19-13(15)12(7)18-8(2)9-4-10(16)6-17-5-9/h3-6,8,18H,1-2H3. The number of anilines is 1. The van der Waals surface area contributed by atoms with Gasteiger partial charge in [0.1, 0.15) is 11.0 Å². The van der Waals surface area contributed by atoms with E-state index >= 15 is 0 Å². The maximum absolute atomic E-state index is 13.1. The van der Waals surface area contributed by atoms with Gasteiger partial charge in [0, 0.05) is 6.20 Å². The largest absolute Gasteiger partial charge is 0.376 e. The number of halogens is 3. The number of aryl methyl sites for hydroxylation is 1. The van der Waals surface area contributed by atoms with Crippen molar-refractivity contribution < 1.29 is 4.39 Å². The Morgan fingerprint density at radius 3 is 2.63 bits per heavy atom. The quantitative estimate of drug-likeness (QED) is 0.853. The molecule has 0 aliphatic rings. The summed E-state index contributed by atoms with van der Waals surface area (Å²) in [7, 11) is 0. The summed E-state index contributed by atoms with van der Waals surface area (Å²) in [5, 5.41) is 3.82. The van der Waals surface area contributed by atoms with Crippen LogP contribution in [-0.4, -0.2) is 9.97 Å². The second-order valence-electron chi connectivity index (χ2n) is 4.23. The number of hydrogen-bond donors (Lipinski definition) is 1. The highest BCUT2D eigenvalue weighted by Crippen LogP contribution is 2.29. The van der Waals surface area contributed by atoms with Gasteiger partial charge < -0.3 is 5.32 Å². The molecule has 0 bridgehead atoms. The van der Waals surface area contributed by atoms with Crippen molar-refractivity contribution in [2.24, 2.45) is 0 Å². The molecule has 0 aliphatic heterocycles. The van der Waals surface area contributed by atoms with Crippen LogP contribution in [0.15, 0.2) is 24.5 Å². The first kappa shape index (κ1) is 14.0. The zero-order chi connectivity index (χ0) is 14.0. The van der Waals surface area contributed by atoms with E-state index in [1.807, 2.05) is 13.8 Å². The van der Waals surface area contributed by atoms with Gasteiger partial charge >= 0.3 is 0 Å². The summed E-state index contributed by atoms with van der Waals surface area (Å²) < 4.78 is 13.1. The van der Waals surface area contributed by atoms with Crippen molar-refractivity contribution in [2.75, 3.05) is 5.32 Å². The first-order valence-electron chi connectivity index (χ1n) is 5.67. The Labute approximate surface area is 120 Å². The molecule has 19 heavy (non-hydrogen) atoms. The lowest BCUT2D eigenvalue weighted by molar-refractivity contribution is 0.616. The van der Waals surface area contributed by atoms with Gasteiger partial charge in [-0.1, -0.05) is 23.2 Å². The topological polar surface area (TPSA) is 37.8 Å². The third-order valence-corrected chi connectivity index (χ3v) is 3.20. The fourth-order valence-corrected chi connectivity index (χ4v) is 2.32. The Bertz CT molecular complexity index is 581. The van der Waals surface area contributed by atoms with E-state index < -0.39 is 0 Å². The van der Waals surface area contributed by atoms with Crippen molar-refractivity contribution in [1.82, 2.24) is 9.97 Å². The summed E-state index contributed by atoms with van der Waals surface area (Å²) in [5.74, 6) is -0.372. The SMILES string of the molecule is Cc1cc(Cl)nc(Cl)c1NC(C)c1cncc(F)c1. The highest BCUT2D eigenvalue weighted by Gasteiger charge is 2.12. The molecular formula is C13H12Cl2FN3. The van der Waals surface area contributed by atoms with E-state index in [-0.39, 0.29) is 11.9 Å². The summed E-state index contributed by atoms with van der Waals surface area (Å²) in [6.07, 6.45) is 2.77. The second-order valence-corrected chi connectivity index (χ2v) is 4.98. The molecule has 0 aromatic carbocycles. The van der Waals surface area contributed by atoms with Gasteiger partial charge in [0.15, 0.2) is 5.15 Å². The number of nitrogens with one attached hydrogen (secondary N) is 1. The number of nitrogens with zero attached hydrogens (tertiary/aromatic N) is 2. The average Bonchev–Trinajstić information content (AvgIpc) is 2.33. The van der Waals surface area contributed by atoms with Crippen molar-refractivity contribution in [1.29, 1.82) is 0 Å². The Morgan fingerprint density at radius 2 is 2.00 bits per heavy atom. The molecule has 0 saturated heterocycles. The first-order chi connectivity index (χ1) is 8.97. The Kier molecular flexibility index (Phi) is 4.22. The maximum Gasteiger partial charge on any atom is 0.154 e. The second kappa shape index (κ2) is 5.72. The summed E-state index contributed by atoms with van der Waals surface area (Å²) in [5.41, 5.74) is 2.29. The lowest BCUT2D eigenvalue weighted by Crippen LogP contribution is -2.09. The molecule has 0 fully saturated rings. The van der Waals surface area contributed by atoms with E-state index in [1.165, 1.54) is 6.07 Å². The molecular weight excluding hydrogens is 288 g/mol. The number of pyridine rings is 2. The highest BCUT2D eigenvalue weighted by atomic mass is 35.5. The lowest BCUT2D eigenvalue weighted by Gasteiger charge is -2.18. The van der Waals surface area contributed by atoms with Crippen molar-refractivity contribution in [3.05, 3.63) is 51.8 Å². The molecule has 1 unspecified atom stereocenters. The van der Waals surface area contributed by atoms with Crippen LogP contribution in [0.4, 0.5) is 10.1 Å². The van der Waals surface area contributed by atoms with Crippen LogP contribution >= 0.6 is 23.2 Å². The van der Waals surface area contributed by atoms with E-state index in [0.717, 1.165) is 17.3 Å². The number of aromatic nitrogens is 2. The zero-order valence-corrected chi connectivity index (χ0v) is 11.9. The molecule has 2 heterocycles. The minimum atomic E-state index is -0.372. The number of hydrogen-bond acceptors (Lipinski definition) is 3. The molecule has 100 valence electrons. The zero-order valence-electron chi connectivity index (χ0n) is 10.4. The molecule has 0 saturated carbocycles. The van der Waals surface area contributed by atoms with Crippen LogP contribution in [0.3, 0.4) is 0 Å². The van der Waals surface area contributed by atoms with Crippen LogP contribution in [0.1, 0.15) is 24.1 Å². The predicted molar refractivity (Wildman–Crippen MR) is 75.2 cm³/mol. The van der Waals surface area contributed by atoms with Crippen LogP contribution in [0.25, 0.3) is 0 Å². The Morgan fingerprint density at radius 1 is 1.26 bits per heavy atom. The van der Waals surface area contributed by atoms with Crippen LogP contribution in [0, 0.1) is 12.7 Å². The minimum Gasteiger partial charge on any atom is -0.376 e.